The van der Waals surface area contributed by atoms with Gasteiger partial charge in [-0.2, -0.15) is 0 Å². The van der Waals surface area contributed by atoms with Gasteiger partial charge in [0.25, 0.3) is 0 Å². The van der Waals surface area contributed by atoms with Crippen molar-refractivity contribution >= 4 is 17.6 Å². The van der Waals surface area contributed by atoms with E-state index < -0.39 is 0 Å². The number of carbonyl (C=O) groups excluding carboxylic acids is 2. The third kappa shape index (κ3) is 4.93. The van der Waals surface area contributed by atoms with Crippen LogP contribution in [-0.4, -0.2) is 36.6 Å². The highest BCUT2D eigenvalue weighted by Gasteiger charge is 2.32. The molecule has 1 saturated heterocycles. The zero-order valence-corrected chi connectivity index (χ0v) is 18.0. The Kier molecular flexibility index (Phi) is 6.30. The standard InChI is InChI=1S/C24H29N3O4/c1-16(28)26-19-10-7-17(8-11-19)15-27-21(14-25-24(27)29)18-9-12-22(30-2)23(13-18)31-20-5-3-4-6-20/h7-13,20-21H,3-6,14-15H2,1-2H3,(H,25,29)(H,26,28). The lowest BCUT2D eigenvalue weighted by molar-refractivity contribution is -0.114. The molecule has 164 valence electrons. The average Bonchev–Trinajstić information content (AvgIpc) is 3.39. The Morgan fingerprint density at radius 3 is 2.55 bits per heavy atom. The molecular weight excluding hydrogens is 394 g/mol. The summed E-state index contributed by atoms with van der Waals surface area (Å²) in [6.45, 7) is 2.49. The maximum atomic E-state index is 12.6. The number of anilines is 1. The van der Waals surface area contributed by atoms with Gasteiger partial charge in [-0.25, -0.2) is 4.79 Å². The molecule has 4 rings (SSSR count). The zero-order valence-electron chi connectivity index (χ0n) is 18.0. The molecule has 1 atom stereocenters. The lowest BCUT2D eigenvalue weighted by Gasteiger charge is -2.25. The monoisotopic (exact) mass is 423 g/mol. The predicted molar refractivity (Wildman–Crippen MR) is 118 cm³/mol. The van der Waals surface area contributed by atoms with E-state index in [1.807, 2.05) is 47.4 Å². The van der Waals surface area contributed by atoms with E-state index in [0.717, 1.165) is 35.4 Å². The fourth-order valence-electron chi connectivity index (χ4n) is 4.29. The Balaban J connectivity index is 1.52. The van der Waals surface area contributed by atoms with Crippen molar-refractivity contribution in [2.75, 3.05) is 19.0 Å². The fourth-order valence-corrected chi connectivity index (χ4v) is 4.29. The van der Waals surface area contributed by atoms with Crippen LogP contribution in [0.3, 0.4) is 0 Å². The summed E-state index contributed by atoms with van der Waals surface area (Å²) in [5, 5.41) is 5.71. The number of ether oxygens (including phenoxy) is 2. The number of amides is 3. The SMILES string of the molecule is COc1ccc(C2CNC(=O)N2Cc2ccc(NC(C)=O)cc2)cc1OC1CCCC1. The van der Waals surface area contributed by atoms with Crippen molar-refractivity contribution in [3.05, 3.63) is 53.6 Å². The van der Waals surface area contributed by atoms with Gasteiger partial charge >= 0.3 is 6.03 Å². The zero-order chi connectivity index (χ0) is 21.8. The fraction of sp³-hybridized carbons (Fsp3) is 0.417. The van der Waals surface area contributed by atoms with Crippen LogP contribution in [0.15, 0.2) is 42.5 Å². The minimum absolute atomic E-state index is 0.0926. The molecule has 0 spiro atoms. The molecule has 3 amide bonds. The Hall–Kier alpha value is -3.22. The minimum atomic E-state index is -0.109. The number of hydrogen-bond donors (Lipinski definition) is 2. The van der Waals surface area contributed by atoms with Crippen LogP contribution in [-0.2, 0) is 11.3 Å². The Morgan fingerprint density at radius 1 is 1.13 bits per heavy atom. The average molecular weight is 424 g/mol. The second-order valence-electron chi connectivity index (χ2n) is 8.14. The molecule has 31 heavy (non-hydrogen) atoms. The van der Waals surface area contributed by atoms with Gasteiger partial charge in [0.15, 0.2) is 11.5 Å². The highest BCUT2D eigenvalue weighted by molar-refractivity contribution is 5.88. The molecule has 7 nitrogen and oxygen atoms in total. The number of hydrogen-bond acceptors (Lipinski definition) is 4. The van der Waals surface area contributed by atoms with Gasteiger partial charge in [0.1, 0.15) is 0 Å². The highest BCUT2D eigenvalue weighted by atomic mass is 16.5. The Bertz CT molecular complexity index is 938. The quantitative estimate of drug-likeness (QED) is 0.698. The summed E-state index contributed by atoms with van der Waals surface area (Å²) in [6, 6.07) is 13.3. The first kappa shape index (κ1) is 21.0. The predicted octanol–water partition coefficient (Wildman–Crippen LogP) is 4.24. The second kappa shape index (κ2) is 9.29. The first-order valence-electron chi connectivity index (χ1n) is 10.8. The summed E-state index contributed by atoms with van der Waals surface area (Å²) in [5.41, 5.74) is 2.75. The van der Waals surface area contributed by atoms with Crippen LogP contribution < -0.4 is 20.1 Å². The van der Waals surface area contributed by atoms with Crippen molar-refractivity contribution in [1.29, 1.82) is 0 Å². The molecule has 0 aromatic heterocycles. The van der Waals surface area contributed by atoms with Crippen LogP contribution in [0.5, 0.6) is 11.5 Å². The number of benzene rings is 2. The first-order valence-corrected chi connectivity index (χ1v) is 10.8. The number of nitrogens with one attached hydrogen (secondary N) is 2. The third-order valence-corrected chi connectivity index (χ3v) is 5.88. The highest BCUT2D eigenvalue weighted by Crippen LogP contribution is 2.36. The molecule has 1 unspecified atom stereocenters. The van der Waals surface area contributed by atoms with Crippen molar-refractivity contribution in [2.24, 2.45) is 0 Å². The van der Waals surface area contributed by atoms with Gasteiger partial charge in [-0.1, -0.05) is 18.2 Å². The van der Waals surface area contributed by atoms with E-state index in [9.17, 15) is 9.59 Å². The molecule has 1 heterocycles. The van der Waals surface area contributed by atoms with Gasteiger partial charge < -0.3 is 25.0 Å². The summed E-state index contributed by atoms with van der Waals surface area (Å²) in [5.74, 6) is 1.35. The molecule has 2 N–H and O–H groups in total. The van der Waals surface area contributed by atoms with E-state index in [0.29, 0.717) is 18.8 Å². The van der Waals surface area contributed by atoms with Crippen LogP contribution in [0.25, 0.3) is 0 Å². The van der Waals surface area contributed by atoms with Crippen LogP contribution in [0.1, 0.15) is 49.8 Å². The molecule has 1 aliphatic heterocycles. The molecule has 2 fully saturated rings. The van der Waals surface area contributed by atoms with Crippen molar-refractivity contribution < 1.29 is 19.1 Å². The van der Waals surface area contributed by atoms with Crippen molar-refractivity contribution in [3.63, 3.8) is 0 Å². The van der Waals surface area contributed by atoms with Crippen LogP contribution in [0, 0.1) is 0 Å². The van der Waals surface area contributed by atoms with E-state index >= 15 is 0 Å². The van der Waals surface area contributed by atoms with E-state index in [1.165, 1.54) is 19.8 Å². The molecule has 7 heteroatoms. The van der Waals surface area contributed by atoms with Gasteiger partial charge in [-0.15, -0.1) is 0 Å². The molecule has 2 aromatic carbocycles. The molecule has 1 saturated carbocycles. The van der Waals surface area contributed by atoms with Crippen LogP contribution >= 0.6 is 0 Å². The minimum Gasteiger partial charge on any atom is -0.493 e. The largest absolute Gasteiger partial charge is 0.493 e. The summed E-state index contributed by atoms with van der Waals surface area (Å²) >= 11 is 0. The van der Waals surface area contributed by atoms with Gasteiger partial charge in [0.2, 0.25) is 5.91 Å². The second-order valence-corrected chi connectivity index (χ2v) is 8.14. The summed E-state index contributed by atoms with van der Waals surface area (Å²) in [6.07, 6.45) is 4.75. The number of carbonyl (C=O) groups is 2. The molecular formula is C24H29N3O4. The number of nitrogens with zero attached hydrogens (tertiary/aromatic N) is 1. The third-order valence-electron chi connectivity index (χ3n) is 5.88. The normalized spacial score (nSPS) is 18.7. The topological polar surface area (TPSA) is 79.9 Å². The lowest BCUT2D eigenvalue weighted by atomic mass is 10.0. The van der Waals surface area contributed by atoms with Crippen LogP contribution in [0.4, 0.5) is 10.5 Å². The van der Waals surface area contributed by atoms with E-state index in [2.05, 4.69) is 10.6 Å². The molecule has 2 aliphatic rings. The molecule has 2 aromatic rings. The summed E-state index contributed by atoms with van der Waals surface area (Å²) in [7, 11) is 1.65. The smallest absolute Gasteiger partial charge is 0.318 e. The maximum absolute atomic E-state index is 12.6. The van der Waals surface area contributed by atoms with Gasteiger partial charge in [-0.3, -0.25) is 4.79 Å². The van der Waals surface area contributed by atoms with Crippen molar-refractivity contribution in [3.8, 4) is 11.5 Å². The lowest BCUT2D eigenvalue weighted by Crippen LogP contribution is -2.29. The number of urea groups is 1. The summed E-state index contributed by atoms with van der Waals surface area (Å²) in [4.78, 5) is 25.6. The van der Waals surface area contributed by atoms with Gasteiger partial charge in [0, 0.05) is 25.7 Å². The Morgan fingerprint density at radius 2 is 1.87 bits per heavy atom. The number of rotatable bonds is 7. The Labute approximate surface area is 182 Å². The van der Waals surface area contributed by atoms with Gasteiger partial charge in [-0.05, 0) is 61.1 Å². The molecule has 1 aliphatic carbocycles. The molecule has 0 radical (unpaired) electrons. The van der Waals surface area contributed by atoms with Crippen molar-refractivity contribution in [1.82, 2.24) is 10.2 Å². The van der Waals surface area contributed by atoms with Crippen molar-refractivity contribution in [2.45, 2.75) is 51.3 Å². The summed E-state index contributed by atoms with van der Waals surface area (Å²) < 4.78 is 11.7. The molecule has 0 bridgehead atoms. The van der Waals surface area contributed by atoms with Gasteiger partial charge in [0.05, 0.1) is 19.3 Å². The van der Waals surface area contributed by atoms with E-state index in [-0.39, 0.29) is 24.1 Å². The van der Waals surface area contributed by atoms with E-state index in [1.54, 1.807) is 7.11 Å². The van der Waals surface area contributed by atoms with Crippen LogP contribution in [0.2, 0.25) is 0 Å². The van der Waals surface area contributed by atoms with E-state index in [4.69, 9.17) is 9.47 Å². The number of methoxy groups -OCH3 is 1. The maximum Gasteiger partial charge on any atom is 0.318 e. The first-order chi connectivity index (χ1) is 15.0.